The summed E-state index contributed by atoms with van der Waals surface area (Å²) in [7, 11) is -2.56. The number of esters is 1. The van der Waals surface area contributed by atoms with Crippen LogP contribution in [0.3, 0.4) is 0 Å². The summed E-state index contributed by atoms with van der Waals surface area (Å²) in [6, 6.07) is 2.07. The maximum Gasteiger partial charge on any atom is 0.339 e. The van der Waals surface area contributed by atoms with Gasteiger partial charge in [-0.3, -0.25) is 0 Å². The minimum atomic E-state index is -4.00. The van der Waals surface area contributed by atoms with E-state index in [1.165, 1.54) is 7.11 Å². The van der Waals surface area contributed by atoms with Gasteiger partial charge in [-0.25, -0.2) is 18.4 Å². The molecule has 9 heteroatoms. The highest BCUT2D eigenvalue weighted by atomic mass is 35.5. The molecule has 19 heavy (non-hydrogen) atoms. The van der Waals surface area contributed by atoms with Gasteiger partial charge < -0.3 is 9.47 Å². The van der Waals surface area contributed by atoms with Gasteiger partial charge in [0.15, 0.2) is 0 Å². The molecule has 106 valence electrons. The zero-order valence-corrected chi connectivity index (χ0v) is 12.2. The molecule has 0 fully saturated rings. The molecular formula is C10H11Cl2NO5S. The minimum Gasteiger partial charge on any atom is -0.460 e. The van der Waals surface area contributed by atoms with Crippen LogP contribution in [0.4, 0.5) is 0 Å². The lowest BCUT2D eigenvalue weighted by atomic mass is 10.2. The van der Waals surface area contributed by atoms with Gasteiger partial charge in [-0.2, -0.15) is 0 Å². The number of primary sulfonamides is 1. The van der Waals surface area contributed by atoms with E-state index in [-0.39, 0.29) is 33.7 Å². The second-order valence-electron chi connectivity index (χ2n) is 3.44. The Balaban J connectivity index is 3.13. The smallest absolute Gasteiger partial charge is 0.339 e. The molecular weight excluding hydrogens is 317 g/mol. The van der Waals surface area contributed by atoms with Crippen molar-refractivity contribution >= 4 is 39.2 Å². The average molecular weight is 328 g/mol. The molecule has 0 unspecified atom stereocenters. The van der Waals surface area contributed by atoms with Gasteiger partial charge in [0.05, 0.1) is 27.1 Å². The van der Waals surface area contributed by atoms with Gasteiger partial charge in [0, 0.05) is 7.11 Å². The molecule has 0 aromatic heterocycles. The second-order valence-corrected chi connectivity index (χ2v) is 5.79. The highest BCUT2D eigenvalue weighted by molar-refractivity contribution is 7.89. The summed E-state index contributed by atoms with van der Waals surface area (Å²) >= 11 is 11.6. The molecule has 0 atom stereocenters. The molecule has 1 aromatic carbocycles. The first-order chi connectivity index (χ1) is 8.77. The van der Waals surface area contributed by atoms with Gasteiger partial charge in [-0.05, 0) is 12.1 Å². The van der Waals surface area contributed by atoms with Crippen LogP contribution in [0.2, 0.25) is 10.0 Å². The predicted molar refractivity (Wildman–Crippen MR) is 70.0 cm³/mol. The molecule has 0 heterocycles. The lowest BCUT2D eigenvalue weighted by Gasteiger charge is -2.08. The minimum absolute atomic E-state index is 0.00286. The van der Waals surface area contributed by atoms with Crippen molar-refractivity contribution < 1.29 is 22.7 Å². The average Bonchev–Trinajstić information content (AvgIpc) is 2.31. The molecule has 0 aliphatic carbocycles. The topological polar surface area (TPSA) is 95.7 Å². The molecule has 0 radical (unpaired) electrons. The fraction of sp³-hybridized carbons (Fsp3) is 0.300. The van der Waals surface area contributed by atoms with Crippen molar-refractivity contribution in [2.45, 2.75) is 4.90 Å². The molecule has 0 saturated carbocycles. The number of benzene rings is 1. The van der Waals surface area contributed by atoms with Crippen LogP contribution in [0.25, 0.3) is 0 Å². The van der Waals surface area contributed by atoms with E-state index >= 15 is 0 Å². The van der Waals surface area contributed by atoms with Crippen molar-refractivity contribution in [3.8, 4) is 0 Å². The first-order valence-electron chi connectivity index (χ1n) is 4.95. The van der Waals surface area contributed by atoms with Crippen molar-refractivity contribution in [3.63, 3.8) is 0 Å². The normalized spacial score (nSPS) is 11.4. The second kappa shape index (κ2) is 6.53. The zero-order valence-electron chi connectivity index (χ0n) is 9.85. The maximum atomic E-state index is 11.7. The Morgan fingerprint density at radius 2 is 1.95 bits per heavy atom. The maximum absolute atomic E-state index is 11.7. The van der Waals surface area contributed by atoms with Crippen molar-refractivity contribution in [2.24, 2.45) is 5.14 Å². The summed E-state index contributed by atoms with van der Waals surface area (Å²) in [4.78, 5) is 11.4. The van der Waals surface area contributed by atoms with Crippen LogP contribution >= 0.6 is 23.2 Å². The number of carbonyl (C=O) groups excluding carboxylic acids is 1. The Morgan fingerprint density at radius 1 is 1.32 bits per heavy atom. The molecule has 0 aliphatic rings. The van der Waals surface area contributed by atoms with Gasteiger partial charge in [-0.1, -0.05) is 23.2 Å². The lowest BCUT2D eigenvalue weighted by Crippen LogP contribution is -2.15. The Labute approximate surface area is 120 Å². The number of sulfonamides is 1. The molecule has 0 spiro atoms. The first kappa shape index (κ1) is 16.2. The van der Waals surface area contributed by atoms with Crippen LogP contribution < -0.4 is 5.14 Å². The summed E-state index contributed by atoms with van der Waals surface area (Å²) in [6.07, 6.45) is 0. The third kappa shape index (κ3) is 4.32. The Kier molecular flexibility index (Phi) is 5.57. The molecule has 0 amide bonds. The van der Waals surface area contributed by atoms with Gasteiger partial charge >= 0.3 is 5.97 Å². The first-order valence-corrected chi connectivity index (χ1v) is 7.25. The zero-order chi connectivity index (χ0) is 14.6. The Morgan fingerprint density at radius 3 is 2.47 bits per heavy atom. The van der Waals surface area contributed by atoms with Crippen molar-refractivity contribution in [1.82, 2.24) is 0 Å². The van der Waals surface area contributed by atoms with Gasteiger partial charge in [0.25, 0.3) is 0 Å². The molecule has 6 nitrogen and oxygen atoms in total. The van der Waals surface area contributed by atoms with E-state index in [0.717, 1.165) is 12.1 Å². The Hall–Kier alpha value is -0.860. The van der Waals surface area contributed by atoms with Crippen LogP contribution in [0.1, 0.15) is 10.4 Å². The number of halogens is 2. The molecule has 0 saturated heterocycles. The molecule has 2 N–H and O–H groups in total. The number of rotatable bonds is 5. The van der Waals surface area contributed by atoms with Crippen LogP contribution in [-0.4, -0.2) is 34.7 Å². The van der Waals surface area contributed by atoms with Crippen molar-refractivity contribution in [2.75, 3.05) is 20.3 Å². The quantitative estimate of drug-likeness (QED) is 0.652. The highest BCUT2D eigenvalue weighted by Crippen LogP contribution is 2.29. The molecule has 1 aromatic rings. The standard InChI is InChI=1S/C10H11Cl2NO5S/c1-17-2-3-18-10(14)7-4-6(19(13,15)16)5-8(11)9(7)12/h4-5H,2-3H2,1H3,(H2,13,15,16). The SMILES string of the molecule is COCCOC(=O)c1cc(S(N)(=O)=O)cc(Cl)c1Cl. The fourth-order valence-electron chi connectivity index (χ4n) is 1.17. The van der Waals surface area contributed by atoms with E-state index in [1.54, 1.807) is 0 Å². The summed E-state index contributed by atoms with van der Waals surface area (Å²) in [5, 5.41) is 4.76. The van der Waals surface area contributed by atoms with Gasteiger partial charge in [-0.15, -0.1) is 0 Å². The molecule has 1 rings (SSSR count). The lowest BCUT2D eigenvalue weighted by molar-refractivity contribution is 0.0388. The predicted octanol–water partition coefficient (Wildman–Crippen LogP) is 1.44. The van der Waals surface area contributed by atoms with E-state index in [4.69, 9.17) is 37.8 Å². The number of ether oxygens (including phenoxy) is 2. The molecule has 0 bridgehead atoms. The summed E-state index contributed by atoms with van der Waals surface area (Å²) in [5.74, 6) is -0.811. The van der Waals surface area contributed by atoms with Crippen LogP contribution in [0.5, 0.6) is 0 Å². The van der Waals surface area contributed by atoms with E-state index in [9.17, 15) is 13.2 Å². The fourth-order valence-corrected chi connectivity index (χ4v) is 2.21. The van der Waals surface area contributed by atoms with Crippen LogP contribution in [0.15, 0.2) is 17.0 Å². The van der Waals surface area contributed by atoms with E-state index < -0.39 is 16.0 Å². The monoisotopic (exact) mass is 327 g/mol. The third-order valence-corrected chi connectivity index (χ3v) is 3.77. The summed E-state index contributed by atoms with van der Waals surface area (Å²) in [5.41, 5.74) is -0.172. The summed E-state index contributed by atoms with van der Waals surface area (Å²) < 4.78 is 32.0. The number of methoxy groups -OCH3 is 1. The van der Waals surface area contributed by atoms with E-state index in [2.05, 4.69) is 0 Å². The van der Waals surface area contributed by atoms with Gasteiger partial charge in [0.1, 0.15) is 6.61 Å². The van der Waals surface area contributed by atoms with Gasteiger partial charge in [0.2, 0.25) is 10.0 Å². The van der Waals surface area contributed by atoms with Crippen molar-refractivity contribution in [1.29, 1.82) is 0 Å². The van der Waals surface area contributed by atoms with Crippen LogP contribution in [0, 0.1) is 0 Å². The molecule has 0 aliphatic heterocycles. The van der Waals surface area contributed by atoms with Crippen LogP contribution in [-0.2, 0) is 19.5 Å². The Bertz CT molecular complexity index is 588. The number of carbonyl (C=O) groups is 1. The number of hydrogen-bond acceptors (Lipinski definition) is 5. The number of hydrogen-bond donors (Lipinski definition) is 1. The van der Waals surface area contributed by atoms with Crippen molar-refractivity contribution in [3.05, 3.63) is 27.7 Å². The highest BCUT2D eigenvalue weighted by Gasteiger charge is 2.20. The summed E-state index contributed by atoms with van der Waals surface area (Å²) in [6.45, 7) is 0.203. The largest absolute Gasteiger partial charge is 0.460 e. The van der Waals surface area contributed by atoms with E-state index in [1.807, 2.05) is 0 Å². The van der Waals surface area contributed by atoms with E-state index in [0.29, 0.717) is 0 Å². The third-order valence-electron chi connectivity index (χ3n) is 2.07. The number of nitrogens with two attached hydrogens (primary N) is 1.